The Labute approximate surface area is 87.7 Å². The van der Waals surface area contributed by atoms with Gasteiger partial charge in [-0.25, -0.2) is 9.78 Å². The van der Waals surface area contributed by atoms with Crippen LogP contribution in [0.15, 0.2) is 4.42 Å². The Morgan fingerprint density at radius 2 is 2.07 bits per heavy atom. The number of carboxylic acid groups (broad SMARTS) is 1. The Morgan fingerprint density at radius 1 is 1.57 bits per heavy atom. The fourth-order valence-electron chi connectivity index (χ4n) is 1.11. The summed E-state index contributed by atoms with van der Waals surface area (Å²) in [6.45, 7) is 4.68. The van der Waals surface area contributed by atoms with Crippen LogP contribution in [-0.4, -0.2) is 16.1 Å². The minimum Gasteiger partial charge on any atom is -0.480 e. The van der Waals surface area contributed by atoms with Crippen molar-refractivity contribution in [1.82, 2.24) is 4.98 Å². The highest BCUT2D eigenvalue weighted by Crippen LogP contribution is 2.21. The SMILES string of the molecule is Cc1nc(C(C)(N)C(=O)O)c(C)o1.Cl. The van der Waals surface area contributed by atoms with E-state index in [1.54, 1.807) is 13.8 Å². The number of halogens is 1. The van der Waals surface area contributed by atoms with Crippen LogP contribution in [0.1, 0.15) is 24.3 Å². The van der Waals surface area contributed by atoms with Crippen molar-refractivity contribution < 1.29 is 14.3 Å². The number of aryl methyl sites for hydroxylation is 2. The lowest BCUT2D eigenvalue weighted by Gasteiger charge is -2.16. The molecule has 3 N–H and O–H groups in total. The van der Waals surface area contributed by atoms with E-state index in [4.69, 9.17) is 15.3 Å². The van der Waals surface area contributed by atoms with Crippen LogP contribution in [0.5, 0.6) is 0 Å². The average molecular weight is 221 g/mol. The molecular formula is C8H13ClN2O3. The van der Waals surface area contributed by atoms with E-state index in [1.165, 1.54) is 6.92 Å². The summed E-state index contributed by atoms with van der Waals surface area (Å²) < 4.78 is 5.10. The van der Waals surface area contributed by atoms with Gasteiger partial charge in [-0.1, -0.05) is 0 Å². The van der Waals surface area contributed by atoms with Crippen LogP contribution in [0.2, 0.25) is 0 Å². The molecule has 1 aromatic rings. The number of aromatic nitrogens is 1. The van der Waals surface area contributed by atoms with Crippen LogP contribution in [-0.2, 0) is 10.3 Å². The summed E-state index contributed by atoms with van der Waals surface area (Å²) in [7, 11) is 0. The van der Waals surface area contributed by atoms with Crippen molar-refractivity contribution in [1.29, 1.82) is 0 Å². The molecule has 0 radical (unpaired) electrons. The summed E-state index contributed by atoms with van der Waals surface area (Å²) in [4.78, 5) is 14.7. The van der Waals surface area contributed by atoms with Gasteiger partial charge in [-0.15, -0.1) is 12.4 Å². The molecule has 1 unspecified atom stereocenters. The summed E-state index contributed by atoms with van der Waals surface area (Å²) >= 11 is 0. The number of oxazole rings is 1. The van der Waals surface area contributed by atoms with Crippen LogP contribution in [0.4, 0.5) is 0 Å². The maximum absolute atomic E-state index is 10.8. The fraction of sp³-hybridized carbons (Fsp3) is 0.500. The molecule has 1 heterocycles. The zero-order valence-corrected chi connectivity index (χ0v) is 9.01. The second-order valence-corrected chi connectivity index (χ2v) is 3.15. The van der Waals surface area contributed by atoms with Gasteiger partial charge in [-0.2, -0.15) is 0 Å². The van der Waals surface area contributed by atoms with Gasteiger partial charge < -0.3 is 15.3 Å². The zero-order chi connectivity index (χ0) is 10.2. The number of nitrogens with two attached hydrogens (primary N) is 1. The predicted molar refractivity (Wildman–Crippen MR) is 52.4 cm³/mol. The minimum atomic E-state index is -1.48. The highest BCUT2D eigenvalue weighted by atomic mass is 35.5. The second kappa shape index (κ2) is 3.98. The summed E-state index contributed by atoms with van der Waals surface area (Å²) in [5.41, 5.74) is 4.36. The second-order valence-electron chi connectivity index (χ2n) is 3.15. The van der Waals surface area contributed by atoms with Crippen LogP contribution in [0, 0.1) is 13.8 Å². The van der Waals surface area contributed by atoms with Crippen molar-refractivity contribution in [3.63, 3.8) is 0 Å². The monoisotopic (exact) mass is 220 g/mol. The van der Waals surface area contributed by atoms with Gasteiger partial charge in [-0.05, 0) is 13.8 Å². The molecule has 14 heavy (non-hydrogen) atoms. The first kappa shape index (κ1) is 12.9. The molecule has 0 saturated heterocycles. The summed E-state index contributed by atoms with van der Waals surface area (Å²) in [6.07, 6.45) is 0. The van der Waals surface area contributed by atoms with Crippen molar-refractivity contribution >= 4 is 18.4 Å². The van der Waals surface area contributed by atoms with E-state index in [0.29, 0.717) is 11.7 Å². The van der Waals surface area contributed by atoms with Crippen LogP contribution < -0.4 is 5.73 Å². The first-order valence-corrected chi connectivity index (χ1v) is 3.82. The number of rotatable bonds is 2. The van der Waals surface area contributed by atoms with E-state index >= 15 is 0 Å². The molecule has 6 heteroatoms. The molecule has 0 spiro atoms. The molecule has 1 aromatic heterocycles. The van der Waals surface area contributed by atoms with Crippen LogP contribution >= 0.6 is 12.4 Å². The third kappa shape index (κ3) is 2.05. The van der Waals surface area contributed by atoms with Crippen molar-refractivity contribution in [2.45, 2.75) is 26.3 Å². The van der Waals surface area contributed by atoms with Gasteiger partial charge in [0.15, 0.2) is 11.4 Å². The van der Waals surface area contributed by atoms with E-state index in [1.807, 2.05) is 0 Å². The lowest BCUT2D eigenvalue weighted by Crippen LogP contribution is -2.42. The molecule has 0 aromatic carbocycles. The Bertz CT molecular complexity index is 346. The molecule has 0 aliphatic carbocycles. The van der Waals surface area contributed by atoms with E-state index < -0.39 is 11.5 Å². The molecule has 0 saturated carbocycles. The highest BCUT2D eigenvalue weighted by molar-refractivity contribution is 5.85. The number of aliphatic carboxylic acids is 1. The number of carboxylic acids is 1. The normalized spacial score (nSPS) is 14.3. The van der Waals surface area contributed by atoms with Crippen molar-refractivity contribution in [3.05, 3.63) is 17.3 Å². The van der Waals surface area contributed by atoms with E-state index in [9.17, 15) is 4.79 Å². The first-order chi connectivity index (χ1) is 5.85. The fourth-order valence-corrected chi connectivity index (χ4v) is 1.11. The van der Waals surface area contributed by atoms with E-state index in [-0.39, 0.29) is 18.1 Å². The number of carbonyl (C=O) groups is 1. The molecule has 1 atom stereocenters. The molecule has 1 rings (SSSR count). The molecule has 0 aliphatic heterocycles. The van der Waals surface area contributed by atoms with Crippen molar-refractivity contribution in [2.24, 2.45) is 5.73 Å². The third-order valence-corrected chi connectivity index (χ3v) is 1.84. The topological polar surface area (TPSA) is 89.3 Å². The van der Waals surface area contributed by atoms with Gasteiger partial charge in [0.2, 0.25) is 0 Å². The van der Waals surface area contributed by atoms with E-state index in [2.05, 4.69) is 4.98 Å². The molecule has 0 fully saturated rings. The number of nitrogens with zero attached hydrogens (tertiary/aromatic N) is 1. The van der Waals surface area contributed by atoms with E-state index in [0.717, 1.165) is 0 Å². The van der Waals surface area contributed by atoms with Gasteiger partial charge in [-0.3, -0.25) is 0 Å². The van der Waals surface area contributed by atoms with Gasteiger partial charge in [0, 0.05) is 6.92 Å². The standard InChI is InChI=1S/C8H12N2O3.ClH/c1-4-6(10-5(2)13-4)8(3,9)7(11)12;/h9H2,1-3H3,(H,11,12);1H. The lowest BCUT2D eigenvalue weighted by molar-refractivity contribution is -0.143. The predicted octanol–water partition coefficient (Wildman–Crippen LogP) is 0.972. The Hall–Kier alpha value is -1.07. The molecule has 5 nitrogen and oxygen atoms in total. The van der Waals surface area contributed by atoms with Gasteiger partial charge in [0.25, 0.3) is 0 Å². The molecule has 0 amide bonds. The third-order valence-electron chi connectivity index (χ3n) is 1.84. The molecule has 0 aliphatic rings. The minimum absolute atomic E-state index is 0. The lowest BCUT2D eigenvalue weighted by atomic mass is 9.99. The largest absolute Gasteiger partial charge is 0.480 e. The van der Waals surface area contributed by atoms with Gasteiger partial charge in [0.05, 0.1) is 0 Å². The van der Waals surface area contributed by atoms with Crippen molar-refractivity contribution in [2.75, 3.05) is 0 Å². The Kier molecular flexibility index (Phi) is 3.67. The average Bonchev–Trinajstić information content (AvgIpc) is 2.30. The van der Waals surface area contributed by atoms with Crippen LogP contribution in [0.25, 0.3) is 0 Å². The Balaban J connectivity index is 0.00000169. The Morgan fingerprint density at radius 3 is 2.36 bits per heavy atom. The maximum atomic E-state index is 10.8. The first-order valence-electron chi connectivity index (χ1n) is 3.82. The van der Waals surface area contributed by atoms with Crippen LogP contribution in [0.3, 0.4) is 0 Å². The molecule has 80 valence electrons. The summed E-state index contributed by atoms with van der Waals surface area (Å²) in [5.74, 6) is -0.251. The number of hydrogen-bond donors (Lipinski definition) is 2. The maximum Gasteiger partial charge on any atom is 0.329 e. The number of hydrogen-bond acceptors (Lipinski definition) is 4. The van der Waals surface area contributed by atoms with Crippen molar-refractivity contribution in [3.8, 4) is 0 Å². The van der Waals surface area contributed by atoms with Gasteiger partial charge >= 0.3 is 5.97 Å². The quantitative estimate of drug-likeness (QED) is 0.775. The summed E-state index contributed by atoms with van der Waals surface area (Å²) in [6, 6.07) is 0. The summed E-state index contributed by atoms with van der Waals surface area (Å²) in [5, 5.41) is 8.82. The molecular weight excluding hydrogens is 208 g/mol. The van der Waals surface area contributed by atoms with Gasteiger partial charge in [0.1, 0.15) is 11.5 Å². The zero-order valence-electron chi connectivity index (χ0n) is 8.20. The smallest absolute Gasteiger partial charge is 0.329 e. The highest BCUT2D eigenvalue weighted by Gasteiger charge is 2.35. The molecule has 0 bridgehead atoms.